The minimum Gasteiger partial charge on any atom is -0.575 e. The molecule has 33 heavy (non-hydrogen) atoms. The van der Waals surface area contributed by atoms with Gasteiger partial charge in [-0.2, -0.15) is 0 Å². The first-order chi connectivity index (χ1) is 15.6. The molecule has 12 nitrogen and oxygen atoms in total. The molecule has 0 bridgehead atoms. The number of methoxy groups -OCH3 is 1. The van der Waals surface area contributed by atoms with Crippen LogP contribution in [0.3, 0.4) is 0 Å². The zero-order valence-corrected chi connectivity index (χ0v) is 18.4. The van der Waals surface area contributed by atoms with Gasteiger partial charge in [-0.3, -0.25) is 18.9 Å². The number of alkyl halides is 1. The van der Waals surface area contributed by atoms with E-state index in [0.717, 1.165) is 30.9 Å². The number of para-hydroxylation sites is 2. The average molecular weight is 485 g/mol. The van der Waals surface area contributed by atoms with Crippen LogP contribution in [0.25, 0.3) is 0 Å². The number of aliphatic hydroxyl groups excluding tert-OH is 1. The SMILES string of the molecule is COC(=O)C/N=[P+](\[O-])Oc1ccccc1OC[C@H]1O[C@@H](n2ccc(=O)[nH]c2=O)[C@](C)(F)[C@@H]1O. The standard InChI is InChI=1S/C19H21FN3O9P/c1-19(20)16(26)13(31-17(19)23-8-7-14(24)22-18(23)27)10-30-11-5-3-4-6-12(11)32-33(28)21-9-15(25)29-2/h3-8,13,16-17,26H,9-10H2,1-2H3,(H,22,24,27)/t13-,16-,17-,19-/m1/s1. The first-order valence-corrected chi connectivity index (χ1v) is 10.7. The number of halogens is 1. The van der Waals surface area contributed by atoms with Crippen LogP contribution in [0.15, 0.2) is 50.9 Å². The Bertz CT molecular complexity index is 1150. The first kappa shape index (κ1) is 24.5. The zero-order chi connectivity index (χ0) is 24.2. The first-order valence-electron chi connectivity index (χ1n) is 9.58. The summed E-state index contributed by atoms with van der Waals surface area (Å²) in [5, 5.41) is 10.4. The van der Waals surface area contributed by atoms with E-state index in [1.54, 1.807) is 12.1 Å². The molecule has 2 heterocycles. The maximum absolute atomic E-state index is 15.2. The highest BCUT2D eigenvalue weighted by Crippen LogP contribution is 2.41. The average Bonchev–Trinajstić information content (AvgIpc) is 3.00. The van der Waals surface area contributed by atoms with E-state index in [9.17, 15) is 24.4 Å². The van der Waals surface area contributed by atoms with Gasteiger partial charge in [0.25, 0.3) is 5.56 Å². The van der Waals surface area contributed by atoms with Gasteiger partial charge in [0, 0.05) is 12.3 Å². The van der Waals surface area contributed by atoms with E-state index in [-0.39, 0.29) is 18.1 Å². The number of carbonyl (C=O) groups excluding carboxylic acids is 1. The quantitative estimate of drug-likeness (QED) is 0.387. The highest BCUT2D eigenvalue weighted by atomic mass is 31.1. The van der Waals surface area contributed by atoms with Gasteiger partial charge in [0.05, 0.1) is 7.11 Å². The number of esters is 1. The molecule has 0 radical (unpaired) electrons. The Morgan fingerprint density at radius 2 is 2.06 bits per heavy atom. The molecule has 2 N–H and O–H groups in total. The lowest BCUT2D eigenvalue weighted by Gasteiger charge is -2.24. The van der Waals surface area contributed by atoms with Gasteiger partial charge < -0.3 is 24.2 Å². The number of H-pyrrole nitrogens is 1. The fraction of sp³-hybridized carbons (Fsp3) is 0.421. The molecule has 0 saturated carbocycles. The smallest absolute Gasteiger partial charge is 0.395 e. The third kappa shape index (κ3) is 5.63. The van der Waals surface area contributed by atoms with E-state index in [0.29, 0.717) is 0 Å². The van der Waals surface area contributed by atoms with Crippen LogP contribution in [-0.4, -0.2) is 58.8 Å². The molecule has 0 aliphatic carbocycles. The molecule has 1 unspecified atom stereocenters. The van der Waals surface area contributed by atoms with Gasteiger partial charge in [0.1, 0.15) is 18.8 Å². The largest absolute Gasteiger partial charge is 0.575 e. The summed E-state index contributed by atoms with van der Waals surface area (Å²) < 4.78 is 40.3. The lowest BCUT2D eigenvalue weighted by atomic mass is 9.98. The Morgan fingerprint density at radius 3 is 2.73 bits per heavy atom. The number of carbonyl (C=O) groups is 1. The van der Waals surface area contributed by atoms with Gasteiger partial charge >= 0.3 is 19.8 Å². The summed E-state index contributed by atoms with van der Waals surface area (Å²) in [7, 11) is -1.45. The van der Waals surface area contributed by atoms with Gasteiger partial charge in [-0.05, 0) is 19.1 Å². The van der Waals surface area contributed by atoms with Crippen molar-refractivity contribution in [3.05, 3.63) is 57.4 Å². The molecule has 0 spiro atoms. The molecule has 5 atom stereocenters. The second-order valence-electron chi connectivity index (χ2n) is 7.10. The van der Waals surface area contributed by atoms with Crippen LogP contribution in [0.5, 0.6) is 11.5 Å². The van der Waals surface area contributed by atoms with Crippen LogP contribution in [-0.2, 0) is 14.3 Å². The van der Waals surface area contributed by atoms with E-state index < -0.39 is 56.0 Å². The number of nitrogens with zero attached hydrogens (tertiary/aromatic N) is 2. The lowest BCUT2D eigenvalue weighted by molar-refractivity contribution is -0.169. The monoisotopic (exact) mass is 485 g/mol. The number of benzene rings is 1. The topological polar surface area (TPSA) is 164 Å². The molecule has 1 saturated heterocycles. The predicted octanol–water partition coefficient (Wildman–Crippen LogP) is 0.00970. The summed E-state index contributed by atoms with van der Waals surface area (Å²) in [5.74, 6) is -0.574. The molecule has 2 aromatic rings. The Kier molecular flexibility index (Phi) is 7.59. The Morgan fingerprint density at radius 1 is 1.36 bits per heavy atom. The highest BCUT2D eigenvalue weighted by Gasteiger charge is 2.55. The fourth-order valence-electron chi connectivity index (χ4n) is 3.07. The number of nitrogens with one attached hydrogen (secondary N) is 1. The van der Waals surface area contributed by atoms with Crippen molar-refractivity contribution < 1.29 is 37.9 Å². The van der Waals surface area contributed by atoms with Crippen LogP contribution in [0.1, 0.15) is 13.2 Å². The maximum Gasteiger partial charge on any atom is 0.395 e. The van der Waals surface area contributed by atoms with Gasteiger partial charge in [-0.25, -0.2) is 14.0 Å². The number of hydrogen-bond donors (Lipinski definition) is 2. The number of ether oxygens (including phenoxy) is 3. The Labute approximate surface area is 187 Å². The highest BCUT2D eigenvalue weighted by molar-refractivity contribution is 7.34. The summed E-state index contributed by atoms with van der Waals surface area (Å²) in [6.45, 7) is 0.244. The van der Waals surface area contributed by atoms with E-state index in [4.69, 9.17) is 14.0 Å². The molecule has 1 aliphatic rings. The minimum atomic E-state index is -2.61. The van der Waals surface area contributed by atoms with Crippen molar-refractivity contribution >= 4 is 14.1 Å². The molecular weight excluding hydrogens is 464 g/mol. The third-order valence-electron chi connectivity index (χ3n) is 4.79. The van der Waals surface area contributed by atoms with Crippen molar-refractivity contribution in [2.24, 2.45) is 4.74 Å². The second kappa shape index (κ2) is 10.2. The van der Waals surface area contributed by atoms with Gasteiger partial charge in [-0.15, -0.1) is 0 Å². The van der Waals surface area contributed by atoms with Gasteiger partial charge in [-0.1, -0.05) is 16.9 Å². The molecule has 1 aromatic carbocycles. The Balaban J connectivity index is 1.72. The van der Waals surface area contributed by atoms with Crippen LogP contribution < -0.4 is 25.4 Å². The van der Waals surface area contributed by atoms with E-state index in [1.165, 1.54) is 12.1 Å². The minimum absolute atomic E-state index is 0.0242. The number of aliphatic hydroxyl groups is 1. The summed E-state index contributed by atoms with van der Waals surface area (Å²) in [6, 6.07) is 7.10. The molecule has 3 rings (SSSR count). The predicted molar refractivity (Wildman–Crippen MR) is 110 cm³/mol. The molecule has 1 fully saturated rings. The number of aromatic nitrogens is 2. The van der Waals surface area contributed by atoms with E-state index in [1.807, 2.05) is 4.98 Å². The maximum atomic E-state index is 15.2. The van der Waals surface area contributed by atoms with Crippen molar-refractivity contribution in [3.63, 3.8) is 0 Å². The van der Waals surface area contributed by atoms with E-state index >= 15 is 4.39 Å². The summed E-state index contributed by atoms with van der Waals surface area (Å²) >= 11 is 0. The van der Waals surface area contributed by atoms with Gasteiger partial charge in [0.15, 0.2) is 24.2 Å². The second-order valence-corrected chi connectivity index (χ2v) is 8.04. The van der Waals surface area contributed by atoms with Crippen LogP contribution in [0, 0.1) is 0 Å². The normalized spacial score (nSPS) is 25.0. The molecular formula is C19H21FN3O9P. The fourth-order valence-corrected chi connectivity index (χ4v) is 3.68. The lowest BCUT2D eigenvalue weighted by Crippen LogP contribution is -2.43. The zero-order valence-electron chi connectivity index (χ0n) is 17.5. The Hall–Kier alpha value is -3.12. The van der Waals surface area contributed by atoms with Crippen molar-refractivity contribution in [1.29, 1.82) is 0 Å². The summed E-state index contributed by atoms with van der Waals surface area (Å²) in [6.07, 6.45) is -3.34. The van der Waals surface area contributed by atoms with Crippen molar-refractivity contribution in [3.8, 4) is 11.5 Å². The van der Waals surface area contributed by atoms with Crippen molar-refractivity contribution in [1.82, 2.24) is 9.55 Å². The van der Waals surface area contributed by atoms with E-state index in [2.05, 4.69) is 9.48 Å². The van der Waals surface area contributed by atoms with Crippen LogP contribution in [0.2, 0.25) is 0 Å². The van der Waals surface area contributed by atoms with Crippen molar-refractivity contribution in [2.75, 3.05) is 20.3 Å². The summed E-state index contributed by atoms with van der Waals surface area (Å²) in [4.78, 5) is 48.4. The third-order valence-corrected chi connectivity index (χ3v) is 5.52. The molecule has 0 amide bonds. The summed E-state index contributed by atoms with van der Waals surface area (Å²) in [5.41, 5.74) is -3.95. The molecule has 1 aromatic heterocycles. The van der Waals surface area contributed by atoms with Crippen LogP contribution >= 0.6 is 8.17 Å². The number of aromatic amines is 1. The number of rotatable bonds is 8. The van der Waals surface area contributed by atoms with Gasteiger partial charge in [0.2, 0.25) is 5.75 Å². The molecule has 178 valence electrons. The van der Waals surface area contributed by atoms with Crippen molar-refractivity contribution in [2.45, 2.75) is 31.0 Å². The number of hydrogen-bond acceptors (Lipinski definition) is 10. The molecule has 1 aliphatic heterocycles. The molecule has 14 heteroatoms. The van der Waals surface area contributed by atoms with Crippen LogP contribution in [0.4, 0.5) is 4.39 Å².